The van der Waals surface area contributed by atoms with E-state index in [4.69, 9.17) is 4.99 Å². The molecule has 2 aromatic rings. The Labute approximate surface area is 187 Å². The van der Waals surface area contributed by atoms with Crippen LogP contribution < -0.4 is 15.5 Å². The lowest BCUT2D eigenvalue weighted by Crippen LogP contribution is -2.50. The third kappa shape index (κ3) is 5.52. The van der Waals surface area contributed by atoms with Crippen molar-refractivity contribution < 1.29 is 13.2 Å². The minimum Gasteiger partial charge on any atom is -0.369 e. The van der Waals surface area contributed by atoms with Crippen LogP contribution in [0.4, 0.5) is 18.9 Å². The van der Waals surface area contributed by atoms with Crippen molar-refractivity contribution in [1.29, 1.82) is 0 Å². The van der Waals surface area contributed by atoms with E-state index in [0.717, 1.165) is 62.3 Å². The SMILES string of the molecule is CCC1N=c2ccccc2=CN1CCN1CCN(c2cccc(C(F)(F)F)c2)CC1.Cl. The number of halogens is 4. The molecule has 0 saturated carbocycles. The van der Waals surface area contributed by atoms with Crippen LogP contribution in [-0.4, -0.2) is 55.2 Å². The Kier molecular flexibility index (Phi) is 7.49. The average molecular weight is 453 g/mol. The number of rotatable bonds is 5. The fraction of sp³-hybridized carbons (Fsp3) is 0.435. The van der Waals surface area contributed by atoms with Gasteiger partial charge in [-0.15, -0.1) is 12.4 Å². The second-order valence-electron chi connectivity index (χ2n) is 7.82. The molecule has 2 heterocycles. The van der Waals surface area contributed by atoms with Crippen molar-refractivity contribution >= 4 is 24.3 Å². The van der Waals surface area contributed by atoms with Gasteiger partial charge in [0, 0.05) is 56.4 Å². The van der Waals surface area contributed by atoms with Crippen LogP contribution in [-0.2, 0) is 6.18 Å². The van der Waals surface area contributed by atoms with Crippen LogP contribution in [0, 0.1) is 0 Å². The summed E-state index contributed by atoms with van der Waals surface area (Å²) in [6.45, 7) is 7.10. The number of hydrogen-bond donors (Lipinski definition) is 0. The van der Waals surface area contributed by atoms with Crippen molar-refractivity contribution in [2.45, 2.75) is 25.7 Å². The lowest BCUT2D eigenvalue weighted by atomic mass is 10.1. The molecular formula is C23H28ClF3N4. The summed E-state index contributed by atoms with van der Waals surface area (Å²) >= 11 is 0. The minimum absolute atomic E-state index is 0. The third-order valence-corrected chi connectivity index (χ3v) is 5.86. The predicted molar refractivity (Wildman–Crippen MR) is 120 cm³/mol. The van der Waals surface area contributed by atoms with Crippen LogP contribution in [0.3, 0.4) is 0 Å². The Morgan fingerprint density at radius 3 is 2.42 bits per heavy atom. The smallest absolute Gasteiger partial charge is 0.369 e. The van der Waals surface area contributed by atoms with Gasteiger partial charge in [-0.25, -0.2) is 0 Å². The van der Waals surface area contributed by atoms with Crippen molar-refractivity contribution in [1.82, 2.24) is 9.80 Å². The molecule has 0 aromatic heterocycles. The number of para-hydroxylation sites is 1. The van der Waals surface area contributed by atoms with Crippen molar-refractivity contribution in [3.05, 3.63) is 64.7 Å². The van der Waals surface area contributed by atoms with Crippen LogP contribution in [0.1, 0.15) is 18.9 Å². The summed E-state index contributed by atoms with van der Waals surface area (Å²) < 4.78 is 39.0. The molecule has 0 aliphatic carbocycles. The molecule has 8 heteroatoms. The monoisotopic (exact) mass is 452 g/mol. The standard InChI is InChI=1S/C23H27F3N4.ClH/c1-2-22-27-21-9-4-3-6-18(21)17-30(22)15-12-28-10-13-29(14-11-28)20-8-5-7-19(16-20)23(24,25)26;/h3-9,16-17,22H,2,10-15H2,1H3;1H. The highest BCUT2D eigenvalue weighted by atomic mass is 35.5. The molecule has 2 aliphatic rings. The molecule has 2 aliphatic heterocycles. The maximum atomic E-state index is 13.0. The van der Waals surface area contributed by atoms with Gasteiger partial charge >= 0.3 is 6.18 Å². The van der Waals surface area contributed by atoms with Crippen molar-refractivity contribution in [3.8, 4) is 0 Å². The first kappa shape index (κ1) is 23.4. The summed E-state index contributed by atoms with van der Waals surface area (Å²) in [7, 11) is 0. The number of piperazine rings is 1. The first-order valence-corrected chi connectivity index (χ1v) is 10.5. The van der Waals surface area contributed by atoms with Crippen molar-refractivity contribution in [3.63, 3.8) is 0 Å². The first-order chi connectivity index (χ1) is 14.4. The number of benzene rings is 2. The van der Waals surface area contributed by atoms with Crippen LogP contribution in [0.5, 0.6) is 0 Å². The summed E-state index contributed by atoms with van der Waals surface area (Å²) in [6.07, 6.45) is -0.988. The highest BCUT2D eigenvalue weighted by molar-refractivity contribution is 5.85. The molecule has 168 valence electrons. The topological polar surface area (TPSA) is 22.1 Å². The van der Waals surface area contributed by atoms with E-state index in [0.29, 0.717) is 5.69 Å². The number of nitrogens with zero attached hydrogens (tertiary/aromatic N) is 4. The van der Waals surface area contributed by atoms with E-state index in [9.17, 15) is 13.2 Å². The predicted octanol–water partition coefficient (Wildman–Crippen LogP) is 3.36. The molecular weight excluding hydrogens is 425 g/mol. The summed E-state index contributed by atoms with van der Waals surface area (Å²) in [5.74, 6) is 0. The molecule has 2 aromatic carbocycles. The van der Waals surface area contributed by atoms with Crippen LogP contribution in [0.2, 0.25) is 0 Å². The van der Waals surface area contributed by atoms with E-state index in [2.05, 4.69) is 35.1 Å². The molecule has 4 rings (SSSR count). The van der Waals surface area contributed by atoms with E-state index in [1.165, 1.54) is 12.1 Å². The van der Waals surface area contributed by atoms with Gasteiger partial charge in [0.15, 0.2) is 0 Å². The first-order valence-electron chi connectivity index (χ1n) is 10.5. The molecule has 0 N–H and O–H groups in total. The highest BCUT2D eigenvalue weighted by Gasteiger charge is 2.31. The maximum absolute atomic E-state index is 13.0. The number of hydrogen-bond acceptors (Lipinski definition) is 4. The minimum atomic E-state index is -4.30. The largest absolute Gasteiger partial charge is 0.416 e. The van der Waals surface area contributed by atoms with Gasteiger partial charge in [-0.05, 0) is 30.7 Å². The average Bonchev–Trinajstić information content (AvgIpc) is 2.77. The lowest BCUT2D eigenvalue weighted by molar-refractivity contribution is -0.137. The van der Waals surface area contributed by atoms with E-state index in [1.807, 2.05) is 17.0 Å². The quantitative estimate of drug-likeness (QED) is 0.694. The zero-order chi connectivity index (χ0) is 21.1. The molecule has 1 saturated heterocycles. The molecule has 4 nitrogen and oxygen atoms in total. The van der Waals surface area contributed by atoms with Gasteiger partial charge in [-0.1, -0.05) is 31.2 Å². The van der Waals surface area contributed by atoms with E-state index >= 15 is 0 Å². The van der Waals surface area contributed by atoms with Gasteiger partial charge in [-0.2, -0.15) is 13.2 Å². The molecule has 0 amide bonds. The number of fused-ring (bicyclic) bond motifs is 1. The summed E-state index contributed by atoms with van der Waals surface area (Å²) in [5.41, 5.74) is 0.0630. The van der Waals surface area contributed by atoms with Gasteiger partial charge in [0.2, 0.25) is 0 Å². The fourth-order valence-electron chi connectivity index (χ4n) is 4.12. The second kappa shape index (κ2) is 9.92. The maximum Gasteiger partial charge on any atom is 0.416 e. The highest BCUT2D eigenvalue weighted by Crippen LogP contribution is 2.31. The van der Waals surface area contributed by atoms with Crippen LogP contribution >= 0.6 is 12.4 Å². The van der Waals surface area contributed by atoms with Crippen molar-refractivity contribution in [2.75, 3.05) is 44.2 Å². The molecule has 1 fully saturated rings. The van der Waals surface area contributed by atoms with Gasteiger partial charge in [0.1, 0.15) is 6.17 Å². The Bertz CT molecular complexity index is 987. The van der Waals surface area contributed by atoms with E-state index < -0.39 is 11.7 Å². The Morgan fingerprint density at radius 2 is 1.71 bits per heavy atom. The molecule has 31 heavy (non-hydrogen) atoms. The number of anilines is 1. The van der Waals surface area contributed by atoms with Crippen LogP contribution in [0.15, 0.2) is 53.5 Å². The second-order valence-corrected chi connectivity index (χ2v) is 7.82. The van der Waals surface area contributed by atoms with Crippen LogP contribution in [0.25, 0.3) is 6.20 Å². The fourth-order valence-corrected chi connectivity index (χ4v) is 4.12. The van der Waals surface area contributed by atoms with Gasteiger partial charge in [-0.3, -0.25) is 9.89 Å². The zero-order valence-corrected chi connectivity index (χ0v) is 18.4. The molecule has 1 atom stereocenters. The Morgan fingerprint density at radius 1 is 0.968 bits per heavy atom. The third-order valence-electron chi connectivity index (χ3n) is 5.86. The van der Waals surface area contributed by atoms with Crippen molar-refractivity contribution in [2.24, 2.45) is 4.99 Å². The Balaban J connectivity index is 0.00000272. The Hall–Kier alpha value is -2.25. The summed E-state index contributed by atoms with van der Waals surface area (Å²) in [4.78, 5) is 11.6. The van der Waals surface area contributed by atoms with Gasteiger partial charge in [0.05, 0.1) is 10.9 Å². The summed E-state index contributed by atoms with van der Waals surface area (Å²) in [5, 5.41) is 2.20. The molecule has 1 unspecified atom stereocenters. The zero-order valence-electron chi connectivity index (χ0n) is 17.6. The summed E-state index contributed by atoms with van der Waals surface area (Å²) in [6, 6.07) is 13.8. The lowest BCUT2D eigenvalue weighted by Gasteiger charge is -2.38. The molecule has 0 radical (unpaired) electrons. The molecule has 0 bridgehead atoms. The number of alkyl halides is 3. The van der Waals surface area contributed by atoms with E-state index in [-0.39, 0.29) is 18.6 Å². The van der Waals surface area contributed by atoms with Gasteiger partial charge < -0.3 is 9.80 Å². The van der Waals surface area contributed by atoms with E-state index in [1.54, 1.807) is 6.07 Å². The van der Waals surface area contributed by atoms with Gasteiger partial charge in [0.25, 0.3) is 0 Å². The normalized spacial score (nSPS) is 19.2. The molecule has 0 spiro atoms.